The van der Waals surface area contributed by atoms with Crippen LogP contribution in [0, 0.1) is 12.3 Å². The molecular weight excluding hydrogens is 224 g/mol. The Labute approximate surface area is 109 Å². The minimum Gasteiger partial charge on any atom is -0.330 e. The maximum Gasteiger partial charge on any atom is 0.133 e. The highest BCUT2D eigenvalue weighted by atomic mass is 15.3. The van der Waals surface area contributed by atoms with Crippen LogP contribution in [-0.4, -0.2) is 21.3 Å². The van der Waals surface area contributed by atoms with Crippen molar-refractivity contribution in [1.82, 2.24) is 14.8 Å². The molecular formula is C14H24N4. The summed E-state index contributed by atoms with van der Waals surface area (Å²) in [6, 6.07) is 0.643. The lowest BCUT2D eigenvalue weighted by Gasteiger charge is -2.40. The van der Waals surface area contributed by atoms with Crippen molar-refractivity contribution in [3.05, 3.63) is 11.6 Å². The fourth-order valence-electron chi connectivity index (χ4n) is 3.64. The second kappa shape index (κ2) is 4.65. The van der Waals surface area contributed by atoms with Gasteiger partial charge in [-0.15, -0.1) is 10.2 Å². The Hall–Kier alpha value is -0.900. The SMILES string of the molecule is Cc1nnc(CC2(CN)CCC2)n1C1CCCC1. The van der Waals surface area contributed by atoms with Gasteiger partial charge in [0.15, 0.2) is 0 Å². The van der Waals surface area contributed by atoms with Gasteiger partial charge in [0.25, 0.3) is 0 Å². The van der Waals surface area contributed by atoms with Crippen LogP contribution in [0.3, 0.4) is 0 Å². The molecule has 0 atom stereocenters. The van der Waals surface area contributed by atoms with Crippen LogP contribution < -0.4 is 5.73 Å². The number of aromatic nitrogens is 3. The van der Waals surface area contributed by atoms with Gasteiger partial charge in [-0.2, -0.15) is 0 Å². The van der Waals surface area contributed by atoms with E-state index in [1.54, 1.807) is 0 Å². The lowest BCUT2D eigenvalue weighted by atomic mass is 9.66. The Kier molecular flexibility index (Phi) is 3.14. The predicted octanol–water partition coefficient (Wildman–Crippen LogP) is 2.37. The molecule has 100 valence electrons. The van der Waals surface area contributed by atoms with Crippen LogP contribution >= 0.6 is 0 Å². The Bertz CT molecular complexity index is 408. The molecule has 2 aliphatic rings. The molecule has 2 aliphatic carbocycles. The zero-order valence-corrected chi connectivity index (χ0v) is 11.4. The third kappa shape index (κ3) is 1.96. The van der Waals surface area contributed by atoms with Crippen LogP contribution in [-0.2, 0) is 6.42 Å². The average Bonchev–Trinajstić information content (AvgIpc) is 2.93. The van der Waals surface area contributed by atoms with Gasteiger partial charge in [0.05, 0.1) is 0 Å². The lowest BCUT2D eigenvalue weighted by molar-refractivity contribution is 0.139. The lowest BCUT2D eigenvalue weighted by Crippen LogP contribution is -2.40. The van der Waals surface area contributed by atoms with Gasteiger partial charge in [-0.05, 0) is 44.6 Å². The molecule has 3 rings (SSSR count). The van der Waals surface area contributed by atoms with Crippen LogP contribution in [0.4, 0.5) is 0 Å². The van der Waals surface area contributed by atoms with Crippen LogP contribution in [0.2, 0.25) is 0 Å². The normalized spacial score (nSPS) is 23.2. The summed E-state index contributed by atoms with van der Waals surface area (Å²) in [4.78, 5) is 0. The Morgan fingerprint density at radius 3 is 2.50 bits per heavy atom. The van der Waals surface area contributed by atoms with Crippen molar-refractivity contribution >= 4 is 0 Å². The molecule has 4 nitrogen and oxygen atoms in total. The van der Waals surface area contributed by atoms with E-state index in [0.29, 0.717) is 11.5 Å². The monoisotopic (exact) mass is 248 g/mol. The fourth-order valence-corrected chi connectivity index (χ4v) is 3.64. The molecule has 0 amide bonds. The van der Waals surface area contributed by atoms with E-state index in [0.717, 1.165) is 18.8 Å². The molecule has 0 aliphatic heterocycles. The molecule has 0 spiro atoms. The average molecular weight is 248 g/mol. The van der Waals surface area contributed by atoms with E-state index in [-0.39, 0.29) is 0 Å². The number of aryl methyl sites for hydroxylation is 1. The molecule has 1 aromatic heterocycles. The van der Waals surface area contributed by atoms with Gasteiger partial charge in [-0.25, -0.2) is 0 Å². The number of rotatable bonds is 4. The molecule has 0 saturated heterocycles. The third-order valence-electron chi connectivity index (χ3n) is 5.01. The van der Waals surface area contributed by atoms with Gasteiger partial charge in [0, 0.05) is 12.5 Å². The summed E-state index contributed by atoms with van der Waals surface area (Å²) in [5.41, 5.74) is 6.30. The van der Waals surface area contributed by atoms with Crippen LogP contribution in [0.1, 0.15) is 62.6 Å². The standard InChI is InChI=1S/C14H24N4/c1-11-16-17-13(9-14(10-15)7-4-8-14)18(11)12-5-2-3-6-12/h12H,2-10,15H2,1H3. The Morgan fingerprint density at radius 1 is 1.22 bits per heavy atom. The summed E-state index contributed by atoms with van der Waals surface area (Å²) in [6.45, 7) is 2.88. The number of nitrogens with two attached hydrogens (primary N) is 1. The highest BCUT2D eigenvalue weighted by Crippen LogP contribution is 2.43. The second-order valence-corrected chi connectivity index (χ2v) is 6.21. The number of nitrogens with zero attached hydrogens (tertiary/aromatic N) is 3. The van der Waals surface area contributed by atoms with E-state index in [4.69, 9.17) is 5.73 Å². The summed E-state index contributed by atoms with van der Waals surface area (Å²) in [5, 5.41) is 8.74. The minimum atomic E-state index is 0.329. The van der Waals surface area contributed by atoms with E-state index in [2.05, 4.69) is 21.7 Å². The molecule has 0 aromatic carbocycles. The first-order chi connectivity index (χ1) is 8.74. The van der Waals surface area contributed by atoms with Crippen molar-refractivity contribution in [2.45, 2.75) is 64.3 Å². The van der Waals surface area contributed by atoms with Crippen LogP contribution in [0.25, 0.3) is 0 Å². The van der Waals surface area contributed by atoms with Crippen molar-refractivity contribution in [2.24, 2.45) is 11.1 Å². The van der Waals surface area contributed by atoms with Crippen LogP contribution in [0.5, 0.6) is 0 Å². The third-order valence-corrected chi connectivity index (χ3v) is 5.01. The summed E-state index contributed by atoms with van der Waals surface area (Å²) in [5.74, 6) is 2.27. The van der Waals surface area contributed by atoms with Gasteiger partial charge < -0.3 is 10.3 Å². The molecule has 1 aromatic rings. The fraction of sp³-hybridized carbons (Fsp3) is 0.857. The highest BCUT2D eigenvalue weighted by Gasteiger charge is 2.38. The number of hydrogen-bond donors (Lipinski definition) is 1. The molecule has 0 unspecified atom stereocenters. The van der Waals surface area contributed by atoms with E-state index in [1.807, 2.05) is 0 Å². The molecule has 0 bridgehead atoms. The van der Waals surface area contributed by atoms with Gasteiger partial charge in [0.2, 0.25) is 0 Å². The Balaban J connectivity index is 1.83. The van der Waals surface area contributed by atoms with Crippen molar-refractivity contribution < 1.29 is 0 Å². The molecule has 2 N–H and O–H groups in total. The Morgan fingerprint density at radius 2 is 1.94 bits per heavy atom. The van der Waals surface area contributed by atoms with Gasteiger partial charge in [-0.1, -0.05) is 19.3 Å². The highest BCUT2D eigenvalue weighted by molar-refractivity contribution is 5.04. The van der Waals surface area contributed by atoms with Gasteiger partial charge in [0.1, 0.15) is 11.6 Å². The number of hydrogen-bond acceptors (Lipinski definition) is 3. The van der Waals surface area contributed by atoms with Crippen molar-refractivity contribution in [3.8, 4) is 0 Å². The molecule has 4 heteroatoms. The van der Waals surface area contributed by atoms with Crippen LogP contribution in [0.15, 0.2) is 0 Å². The largest absolute Gasteiger partial charge is 0.330 e. The summed E-state index contributed by atoms with van der Waals surface area (Å²) in [6.07, 6.45) is 10.2. The molecule has 18 heavy (non-hydrogen) atoms. The first kappa shape index (κ1) is 12.2. The molecule has 2 fully saturated rings. The maximum atomic E-state index is 5.97. The smallest absolute Gasteiger partial charge is 0.133 e. The van der Waals surface area contributed by atoms with E-state index in [9.17, 15) is 0 Å². The van der Waals surface area contributed by atoms with Gasteiger partial charge in [-0.3, -0.25) is 0 Å². The summed E-state index contributed by atoms with van der Waals surface area (Å²) >= 11 is 0. The molecule has 2 saturated carbocycles. The summed E-state index contributed by atoms with van der Waals surface area (Å²) in [7, 11) is 0. The van der Waals surface area contributed by atoms with Gasteiger partial charge >= 0.3 is 0 Å². The summed E-state index contributed by atoms with van der Waals surface area (Å²) < 4.78 is 2.41. The zero-order chi connectivity index (χ0) is 12.6. The van der Waals surface area contributed by atoms with Crippen molar-refractivity contribution in [3.63, 3.8) is 0 Å². The first-order valence-electron chi connectivity index (χ1n) is 7.35. The first-order valence-corrected chi connectivity index (χ1v) is 7.35. The van der Waals surface area contributed by atoms with E-state index in [1.165, 1.54) is 50.8 Å². The second-order valence-electron chi connectivity index (χ2n) is 6.21. The maximum absolute atomic E-state index is 5.97. The molecule has 0 radical (unpaired) electrons. The molecule has 1 heterocycles. The topological polar surface area (TPSA) is 56.7 Å². The quantitative estimate of drug-likeness (QED) is 0.890. The van der Waals surface area contributed by atoms with E-state index >= 15 is 0 Å². The predicted molar refractivity (Wildman–Crippen MR) is 71.3 cm³/mol. The zero-order valence-electron chi connectivity index (χ0n) is 11.4. The van der Waals surface area contributed by atoms with E-state index < -0.39 is 0 Å². The minimum absolute atomic E-state index is 0.329. The van der Waals surface area contributed by atoms with Crippen molar-refractivity contribution in [2.75, 3.05) is 6.54 Å². The van der Waals surface area contributed by atoms with Crippen molar-refractivity contribution in [1.29, 1.82) is 0 Å².